The molecule has 2 aromatic carbocycles. The number of hydrogen-bond acceptors (Lipinski definition) is 5. The van der Waals surface area contributed by atoms with E-state index in [1.807, 2.05) is 61.5 Å². The van der Waals surface area contributed by atoms with Crippen LogP contribution in [0.25, 0.3) is 20.3 Å². The van der Waals surface area contributed by atoms with Crippen molar-refractivity contribution in [2.45, 2.75) is 13.5 Å². The summed E-state index contributed by atoms with van der Waals surface area (Å²) in [5.41, 5.74) is 2.94. The maximum Gasteiger partial charge on any atom is 0.272 e. The number of benzene rings is 2. The fraction of sp³-hybridized carbons (Fsp3) is 0.0870. The zero-order chi connectivity index (χ0) is 20.7. The van der Waals surface area contributed by atoms with Crippen molar-refractivity contribution in [3.8, 4) is 0 Å². The van der Waals surface area contributed by atoms with Crippen LogP contribution < -0.4 is 4.90 Å². The van der Waals surface area contributed by atoms with Crippen molar-refractivity contribution < 1.29 is 4.79 Å². The average Bonchev–Trinajstić information content (AvgIpc) is 3.35. The molecule has 148 valence electrons. The lowest BCUT2D eigenvalue weighted by molar-refractivity contribution is 0.0989. The third-order valence-electron chi connectivity index (χ3n) is 4.88. The Kier molecular flexibility index (Phi) is 4.98. The molecule has 3 aromatic heterocycles. The molecule has 0 unspecified atom stereocenters. The number of halogens is 1. The molecule has 0 radical (unpaired) electrons. The van der Waals surface area contributed by atoms with E-state index in [0.717, 1.165) is 31.4 Å². The minimum absolute atomic E-state index is 0.151. The number of aromatic nitrogens is 2. The summed E-state index contributed by atoms with van der Waals surface area (Å²) in [5.74, 6) is -0.151. The van der Waals surface area contributed by atoms with Gasteiger partial charge in [0.2, 0.25) is 0 Å². The van der Waals surface area contributed by atoms with Gasteiger partial charge in [-0.1, -0.05) is 59.3 Å². The van der Waals surface area contributed by atoms with Crippen molar-refractivity contribution in [2.75, 3.05) is 4.90 Å². The molecule has 5 aromatic rings. The van der Waals surface area contributed by atoms with E-state index in [0.29, 0.717) is 21.6 Å². The highest BCUT2D eigenvalue weighted by atomic mass is 35.5. The number of hydrogen-bond donors (Lipinski definition) is 0. The second-order valence-electron chi connectivity index (χ2n) is 6.91. The molecule has 5 rings (SSSR count). The summed E-state index contributed by atoms with van der Waals surface area (Å²) >= 11 is 9.55. The van der Waals surface area contributed by atoms with Crippen molar-refractivity contribution in [2.24, 2.45) is 0 Å². The van der Waals surface area contributed by atoms with Crippen LogP contribution in [0.15, 0.2) is 67.0 Å². The first kappa shape index (κ1) is 19.2. The monoisotopic (exact) mass is 449 g/mol. The molecule has 0 aliphatic carbocycles. The van der Waals surface area contributed by atoms with Crippen LogP contribution in [0.4, 0.5) is 5.13 Å². The van der Waals surface area contributed by atoms with Gasteiger partial charge in [-0.25, -0.2) is 4.98 Å². The van der Waals surface area contributed by atoms with Gasteiger partial charge in [0.25, 0.3) is 5.91 Å². The Balaban J connectivity index is 1.63. The zero-order valence-corrected chi connectivity index (χ0v) is 18.4. The smallest absolute Gasteiger partial charge is 0.272 e. The largest absolute Gasteiger partial charge is 0.279 e. The molecule has 0 saturated carbocycles. The summed E-state index contributed by atoms with van der Waals surface area (Å²) in [6, 6.07) is 17.7. The van der Waals surface area contributed by atoms with Gasteiger partial charge in [0.05, 0.1) is 21.8 Å². The zero-order valence-electron chi connectivity index (χ0n) is 16.0. The molecule has 7 heteroatoms. The SMILES string of the molecule is Cc1cccc2sc(N(Cc3cccnc3)C(=O)c3sc4ccccc4c3Cl)nc12. The second-order valence-corrected chi connectivity index (χ2v) is 9.35. The van der Waals surface area contributed by atoms with Gasteiger partial charge < -0.3 is 0 Å². The number of amides is 1. The van der Waals surface area contributed by atoms with E-state index < -0.39 is 0 Å². The van der Waals surface area contributed by atoms with E-state index in [1.54, 1.807) is 17.3 Å². The number of aryl methyl sites for hydroxylation is 1. The highest BCUT2D eigenvalue weighted by Gasteiger charge is 2.26. The summed E-state index contributed by atoms with van der Waals surface area (Å²) < 4.78 is 2.05. The van der Waals surface area contributed by atoms with Gasteiger partial charge in [-0.15, -0.1) is 11.3 Å². The summed E-state index contributed by atoms with van der Waals surface area (Å²) in [6.07, 6.45) is 3.49. The van der Waals surface area contributed by atoms with E-state index in [9.17, 15) is 4.79 Å². The number of rotatable bonds is 4. The quantitative estimate of drug-likeness (QED) is 0.306. The normalized spacial score (nSPS) is 11.3. The first-order valence-electron chi connectivity index (χ1n) is 9.36. The molecule has 1 amide bonds. The fourth-order valence-electron chi connectivity index (χ4n) is 3.36. The van der Waals surface area contributed by atoms with Gasteiger partial charge in [0.15, 0.2) is 5.13 Å². The number of nitrogens with zero attached hydrogens (tertiary/aromatic N) is 3. The molecule has 0 spiro atoms. The van der Waals surface area contributed by atoms with E-state index >= 15 is 0 Å². The van der Waals surface area contributed by atoms with Crippen LogP contribution in [0.3, 0.4) is 0 Å². The first-order chi connectivity index (χ1) is 14.6. The van der Waals surface area contributed by atoms with Crippen LogP contribution in [0.1, 0.15) is 20.8 Å². The third kappa shape index (κ3) is 3.37. The molecule has 0 atom stereocenters. The van der Waals surface area contributed by atoms with Crippen molar-refractivity contribution >= 4 is 65.6 Å². The van der Waals surface area contributed by atoms with Crippen molar-refractivity contribution in [3.05, 3.63) is 88.0 Å². The number of fused-ring (bicyclic) bond motifs is 2. The minimum Gasteiger partial charge on any atom is -0.279 e. The van der Waals surface area contributed by atoms with E-state index in [-0.39, 0.29) is 5.91 Å². The van der Waals surface area contributed by atoms with Crippen LogP contribution >= 0.6 is 34.3 Å². The Labute approximate surface area is 186 Å². The van der Waals surface area contributed by atoms with Gasteiger partial charge in [-0.05, 0) is 36.2 Å². The molecule has 0 aliphatic heterocycles. The fourth-order valence-corrected chi connectivity index (χ4v) is 5.87. The number of anilines is 1. The summed E-state index contributed by atoms with van der Waals surface area (Å²) in [5, 5.41) is 2.05. The number of carbonyl (C=O) groups excluding carboxylic acids is 1. The van der Waals surface area contributed by atoms with E-state index in [4.69, 9.17) is 16.6 Å². The Morgan fingerprint density at radius 3 is 2.63 bits per heavy atom. The van der Waals surface area contributed by atoms with Crippen molar-refractivity contribution in [1.82, 2.24) is 9.97 Å². The van der Waals surface area contributed by atoms with Gasteiger partial charge in [0, 0.05) is 22.5 Å². The minimum atomic E-state index is -0.151. The molecule has 3 heterocycles. The Hall–Kier alpha value is -2.80. The van der Waals surface area contributed by atoms with Crippen LogP contribution in [-0.2, 0) is 6.54 Å². The Bertz CT molecular complexity index is 1380. The number of carbonyl (C=O) groups is 1. The van der Waals surface area contributed by atoms with Crippen LogP contribution in [0, 0.1) is 6.92 Å². The summed E-state index contributed by atoms with van der Waals surface area (Å²) in [7, 11) is 0. The molecule has 0 N–H and O–H groups in total. The van der Waals surface area contributed by atoms with Crippen LogP contribution in [0.5, 0.6) is 0 Å². The maximum absolute atomic E-state index is 13.7. The van der Waals surface area contributed by atoms with Crippen molar-refractivity contribution in [3.63, 3.8) is 0 Å². The number of thiazole rings is 1. The average molecular weight is 450 g/mol. The predicted octanol–water partition coefficient (Wildman–Crippen LogP) is 6.71. The molecule has 0 bridgehead atoms. The maximum atomic E-state index is 13.7. The highest BCUT2D eigenvalue weighted by Crippen LogP contribution is 2.38. The first-order valence-corrected chi connectivity index (χ1v) is 11.4. The van der Waals surface area contributed by atoms with Crippen LogP contribution in [0.2, 0.25) is 5.02 Å². The number of para-hydroxylation sites is 1. The molecule has 0 fully saturated rings. The van der Waals surface area contributed by atoms with E-state index in [2.05, 4.69) is 4.98 Å². The summed E-state index contributed by atoms with van der Waals surface area (Å²) in [6.45, 7) is 2.40. The lowest BCUT2D eigenvalue weighted by Crippen LogP contribution is -2.30. The lowest BCUT2D eigenvalue weighted by Gasteiger charge is -2.19. The van der Waals surface area contributed by atoms with Gasteiger partial charge in [-0.2, -0.15) is 0 Å². The van der Waals surface area contributed by atoms with Crippen molar-refractivity contribution in [1.29, 1.82) is 0 Å². The van der Waals surface area contributed by atoms with Gasteiger partial charge in [-0.3, -0.25) is 14.7 Å². The number of thiophene rings is 1. The molecule has 0 saturated heterocycles. The Morgan fingerprint density at radius 1 is 1.03 bits per heavy atom. The van der Waals surface area contributed by atoms with Gasteiger partial charge >= 0.3 is 0 Å². The Morgan fingerprint density at radius 2 is 1.87 bits per heavy atom. The molecular formula is C23H16ClN3OS2. The molecule has 0 aliphatic rings. The molecular weight excluding hydrogens is 434 g/mol. The van der Waals surface area contributed by atoms with Gasteiger partial charge in [0.1, 0.15) is 4.88 Å². The highest BCUT2D eigenvalue weighted by molar-refractivity contribution is 7.23. The standard InChI is InChI=1S/C23H16ClN3OS2/c1-14-6-4-10-18-20(14)26-23(30-18)27(13-15-7-5-11-25-12-15)22(28)21-19(24)16-8-2-3-9-17(16)29-21/h2-12H,13H2,1H3. The predicted molar refractivity (Wildman–Crippen MR) is 126 cm³/mol. The molecule has 30 heavy (non-hydrogen) atoms. The van der Waals surface area contributed by atoms with Crippen LogP contribution in [-0.4, -0.2) is 15.9 Å². The number of pyridine rings is 1. The summed E-state index contributed by atoms with van der Waals surface area (Å²) in [4.78, 5) is 24.9. The third-order valence-corrected chi connectivity index (χ3v) is 7.59. The van der Waals surface area contributed by atoms with E-state index in [1.165, 1.54) is 22.7 Å². The topological polar surface area (TPSA) is 46.1 Å². The lowest BCUT2D eigenvalue weighted by atomic mass is 10.2. The second kappa shape index (κ2) is 7.80. The molecule has 4 nitrogen and oxygen atoms in total.